The topological polar surface area (TPSA) is 24.9 Å². The summed E-state index contributed by atoms with van der Waals surface area (Å²) < 4.78 is 1.23. The van der Waals surface area contributed by atoms with E-state index in [4.69, 9.17) is 0 Å². The molecule has 0 aliphatic carbocycles. The summed E-state index contributed by atoms with van der Waals surface area (Å²) in [7, 11) is 0. The van der Waals surface area contributed by atoms with Gasteiger partial charge in [0.15, 0.2) is 0 Å². The molecule has 0 saturated carbocycles. The summed E-state index contributed by atoms with van der Waals surface area (Å²) in [5, 5.41) is 6.58. The maximum Gasteiger partial charge on any atom is 0.115 e. The predicted octanol–water partition coefficient (Wildman–Crippen LogP) is 3.92. The Kier molecular flexibility index (Phi) is 3.58. The molecule has 0 aliphatic rings. The van der Waals surface area contributed by atoms with Crippen molar-refractivity contribution in [2.75, 3.05) is 5.32 Å². The van der Waals surface area contributed by atoms with Gasteiger partial charge in [-0.05, 0) is 41.6 Å². The number of rotatable bonds is 3. The third kappa shape index (κ3) is 2.69. The first kappa shape index (κ1) is 10.9. The smallest absolute Gasteiger partial charge is 0.115 e. The lowest BCUT2D eigenvalue weighted by Crippen LogP contribution is -2.06. The van der Waals surface area contributed by atoms with E-state index in [0.717, 1.165) is 5.01 Å². The van der Waals surface area contributed by atoms with Crippen LogP contribution in [0.15, 0.2) is 35.8 Å². The summed E-state index contributed by atoms with van der Waals surface area (Å²) in [6.45, 7) is 2.13. The number of halogens is 1. The zero-order valence-corrected chi connectivity index (χ0v) is 11.2. The molecule has 1 aromatic carbocycles. The fraction of sp³-hybridized carbons (Fsp3) is 0.182. The van der Waals surface area contributed by atoms with Crippen LogP contribution >= 0.6 is 33.9 Å². The standard InChI is InChI=1S/C11H11IN2S/c1-8(11-13-6-7-15-11)14-10-5-3-2-4-9(10)12/h2-8,14H,1H3/t8-/m0/s1. The zero-order valence-electron chi connectivity index (χ0n) is 8.27. The monoisotopic (exact) mass is 330 g/mol. The number of aromatic nitrogens is 1. The lowest BCUT2D eigenvalue weighted by atomic mass is 10.3. The summed E-state index contributed by atoms with van der Waals surface area (Å²) in [6.07, 6.45) is 1.84. The van der Waals surface area contributed by atoms with Gasteiger partial charge in [-0.3, -0.25) is 0 Å². The molecule has 0 aliphatic heterocycles. The highest BCUT2D eigenvalue weighted by Crippen LogP contribution is 2.24. The number of hydrogen-bond donors (Lipinski definition) is 1. The molecule has 78 valence electrons. The molecule has 1 N–H and O–H groups in total. The minimum Gasteiger partial charge on any atom is -0.375 e. The quantitative estimate of drug-likeness (QED) is 0.863. The number of nitrogens with one attached hydrogen (secondary N) is 1. The lowest BCUT2D eigenvalue weighted by Gasteiger charge is -2.13. The van der Waals surface area contributed by atoms with Gasteiger partial charge in [0.25, 0.3) is 0 Å². The molecular formula is C11H11IN2S. The number of para-hydroxylation sites is 1. The highest BCUT2D eigenvalue weighted by Gasteiger charge is 2.08. The van der Waals surface area contributed by atoms with Gasteiger partial charge < -0.3 is 5.32 Å². The van der Waals surface area contributed by atoms with Crippen molar-refractivity contribution >= 4 is 39.6 Å². The number of hydrogen-bond acceptors (Lipinski definition) is 3. The van der Waals surface area contributed by atoms with E-state index < -0.39 is 0 Å². The van der Waals surface area contributed by atoms with Crippen molar-refractivity contribution in [3.63, 3.8) is 0 Å². The van der Waals surface area contributed by atoms with Crippen molar-refractivity contribution in [3.8, 4) is 0 Å². The van der Waals surface area contributed by atoms with Crippen molar-refractivity contribution in [3.05, 3.63) is 44.4 Å². The van der Waals surface area contributed by atoms with Gasteiger partial charge >= 0.3 is 0 Å². The van der Waals surface area contributed by atoms with Crippen LogP contribution < -0.4 is 5.32 Å². The first-order valence-electron chi connectivity index (χ1n) is 4.68. The normalized spacial score (nSPS) is 12.4. The molecule has 2 nitrogen and oxygen atoms in total. The Hall–Kier alpha value is -0.620. The zero-order chi connectivity index (χ0) is 10.7. The Balaban J connectivity index is 2.13. The third-order valence-electron chi connectivity index (χ3n) is 2.07. The fourth-order valence-corrected chi connectivity index (χ4v) is 2.51. The number of anilines is 1. The summed E-state index contributed by atoms with van der Waals surface area (Å²) in [5.74, 6) is 0. The molecule has 15 heavy (non-hydrogen) atoms. The van der Waals surface area contributed by atoms with Gasteiger partial charge in [-0.1, -0.05) is 12.1 Å². The van der Waals surface area contributed by atoms with Crippen LogP contribution in [0.1, 0.15) is 18.0 Å². The van der Waals surface area contributed by atoms with Gasteiger partial charge in [-0.25, -0.2) is 4.98 Å². The Labute approximate surface area is 107 Å². The van der Waals surface area contributed by atoms with E-state index in [-0.39, 0.29) is 6.04 Å². The summed E-state index contributed by atoms with van der Waals surface area (Å²) in [5.41, 5.74) is 1.17. The van der Waals surface area contributed by atoms with Crippen molar-refractivity contribution in [1.29, 1.82) is 0 Å². The third-order valence-corrected chi connectivity index (χ3v) is 3.97. The minimum absolute atomic E-state index is 0.265. The molecule has 0 unspecified atom stereocenters. The van der Waals surface area contributed by atoms with Gasteiger partial charge in [0.05, 0.1) is 6.04 Å². The van der Waals surface area contributed by atoms with Crippen LogP contribution in [0.5, 0.6) is 0 Å². The lowest BCUT2D eigenvalue weighted by molar-refractivity contribution is 0.868. The Bertz CT molecular complexity index is 428. The van der Waals surface area contributed by atoms with Crippen molar-refractivity contribution in [2.45, 2.75) is 13.0 Å². The van der Waals surface area contributed by atoms with Crippen LogP contribution in [0.2, 0.25) is 0 Å². The second-order valence-corrected chi connectivity index (χ2v) is 5.30. The van der Waals surface area contributed by atoms with E-state index in [1.165, 1.54) is 9.26 Å². The number of benzene rings is 1. The molecule has 4 heteroatoms. The highest BCUT2D eigenvalue weighted by molar-refractivity contribution is 14.1. The van der Waals surface area contributed by atoms with E-state index in [1.807, 2.05) is 23.7 Å². The molecule has 1 heterocycles. The van der Waals surface area contributed by atoms with Gasteiger partial charge in [0.1, 0.15) is 5.01 Å². The fourth-order valence-electron chi connectivity index (χ4n) is 1.32. The molecule has 2 aromatic rings. The van der Waals surface area contributed by atoms with Crippen LogP contribution in [-0.2, 0) is 0 Å². The van der Waals surface area contributed by atoms with Gasteiger partial charge in [0.2, 0.25) is 0 Å². The van der Waals surface area contributed by atoms with Crippen LogP contribution in [0.3, 0.4) is 0 Å². The molecule has 0 bridgehead atoms. The van der Waals surface area contributed by atoms with Gasteiger partial charge in [-0.2, -0.15) is 0 Å². The van der Waals surface area contributed by atoms with E-state index in [9.17, 15) is 0 Å². The van der Waals surface area contributed by atoms with Crippen molar-refractivity contribution < 1.29 is 0 Å². The molecule has 2 rings (SSSR count). The van der Waals surface area contributed by atoms with Gasteiger partial charge in [0, 0.05) is 20.8 Å². The largest absolute Gasteiger partial charge is 0.375 e. The maximum atomic E-state index is 4.30. The molecule has 1 aromatic heterocycles. The van der Waals surface area contributed by atoms with Crippen LogP contribution in [0, 0.1) is 3.57 Å². The summed E-state index contributed by atoms with van der Waals surface area (Å²) in [6, 6.07) is 8.53. The van der Waals surface area contributed by atoms with E-state index in [0.29, 0.717) is 0 Å². The molecule has 0 radical (unpaired) electrons. The maximum absolute atomic E-state index is 4.30. The van der Waals surface area contributed by atoms with Crippen LogP contribution in [0.25, 0.3) is 0 Å². The SMILES string of the molecule is C[C@H](Nc1ccccc1I)c1nccs1. The van der Waals surface area contributed by atoms with Gasteiger partial charge in [-0.15, -0.1) is 11.3 Å². The molecule has 1 atom stereocenters. The van der Waals surface area contributed by atoms with E-state index >= 15 is 0 Å². The Morgan fingerprint density at radius 3 is 2.87 bits per heavy atom. The van der Waals surface area contributed by atoms with Crippen LogP contribution in [-0.4, -0.2) is 4.98 Å². The summed E-state index contributed by atoms with van der Waals surface area (Å²) >= 11 is 4.01. The second kappa shape index (κ2) is 4.94. The molecular weight excluding hydrogens is 319 g/mol. The molecule has 0 amide bonds. The first-order chi connectivity index (χ1) is 7.27. The van der Waals surface area contributed by atoms with Crippen molar-refractivity contribution in [2.24, 2.45) is 0 Å². The summed E-state index contributed by atoms with van der Waals surface area (Å²) in [4.78, 5) is 4.30. The van der Waals surface area contributed by atoms with E-state index in [1.54, 1.807) is 11.3 Å². The first-order valence-corrected chi connectivity index (χ1v) is 6.63. The average Bonchev–Trinajstić information content (AvgIpc) is 2.74. The molecule has 0 spiro atoms. The minimum atomic E-state index is 0.265. The van der Waals surface area contributed by atoms with Crippen LogP contribution in [0.4, 0.5) is 5.69 Å². The number of thiazole rings is 1. The number of nitrogens with zero attached hydrogens (tertiary/aromatic N) is 1. The Morgan fingerprint density at radius 1 is 1.40 bits per heavy atom. The predicted molar refractivity (Wildman–Crippen MR) is 73.3 cm³/mol. The molecule has 0 fully saturated rings. The second-order valence-electron chi connectivity index (χ2n) is 3.22. The Morgan fingerprint density at radius 2 is 2.20 bits per heavy atom. The molecule has 0 saturated heterocycles. The van der Waals surface area contributed by atoms with Crippen molar-refractivity contribution in [1.82, 2.24) is 4.98 Å². The average molecular weight is 330 g/mol. The van der Waals surface area contributed by atoms with E-state index in [2.05, 4.69) is 51.9 Å². The highest BCUT2D eigenvalue weighted by atomic mass is 127.